The van der Waals surface area contributed by atoms with Crippen molar-refractivity contribution in [1.29, 1.82) is 0 Å². The van der Waals surface area contributed by atoms with Crippen LogP contribution < -0.4 is 5.32 Å². The molecule has 17 heavy (non-hydrogen) atoms. The molecule has 0 amide bonds. The Morgan fingerprint density at radius 3 is 3.00 bits per heavy atom. The molecule has 0 saturated carbocycles. The van der Waals surface area contributed by atoms with Gasteiger partial charge < -0.3 is 10.4 Å². The Morgan fingerprint density at radius 2 is 2.18 bits per heavy atom. The molecule has 2 aromatic rings. The zero-order valence-corrected chi connectivity index (χ0v) is 9.93. The minimum absolute atomic E-state index is 0.247. The highest BCUT2D eigenvalue weighted by Crippen LogP contribution is 2.11. The molecule has 0 spiro atoms. The maximum absolute atomic E-state index is 9.43. The summed E-state index contributed by atoms with van der Waals surface area (Å²) in [5, 5.41) is 13.6. The van der Waals surface area contributed by atoms with Gasteiger partial charge >= 0.3 is 0 Å². The molecule has 0 saturated heterocycles. The summed E-state index contributed by atoms with van der Waals surface area (Å²) in [6.45, 7) is 2.66. The number of para-hydroxylation sites is 1. The molecule has 0 bridgehead atoms. The van der Waals surface area contributed by atoms with E-state index in [4.69, 9.17) is 0 Å². The molecule has 0 radical (unpaired) electrons. The quantitative estimate of drug-likeness (QED) is 0.828. The normalized spacial score (nSPS) is 12.6. The molecule has 90 valence electrons. The Balaban J connectivity index is 1.99. The topological polar surface area (TPSA) is 58.0 Å². The lowest BCUT2D eigenvalue weighted by atomic mass is 10.2. The lowest BCUT2D eigenvalue weighted by Gasteiger charge is -2.08. The first-order chi connectivity index (χ1) is 8.29. The van der Waals surface area contributed by atoms with Crippen molar-refractivity contribution < 1.29 is 5.11 Å². The second-order valence-electron chi connectivity index (χ2n) is 4.03. The first kappa shape index (κ1) is 11.8. The van der Waals surface area contributed by atoms with E-state index in [-0.39, 0.29) is 6.10 Å². The average molecular weight is 231 g/mol. The van der Waals surface area contributed by atoms with E-state index in [1.807, 2.05) is 31.2 Å². The van der Waals surface area contributed by atoms with Crippen LogP contribution in [-0.4, -0.2) is 27.7 Å². The van der Waals surface area contributed by atoms with Crippen molar-refractivity contribution in [2.45, 2.75) is 25.9 Å². The number of nitrogens with zero attached hydrogens (tertiary/aromatic N) is 2. The summed E-state index contributed by atoms with van der Waals surface area (Å²) < 4.78 is 0. The standard InChI is InChI=1S/C13H17N3O/c1-2-11(17)7-8-14-13-15-9-10-5-3-4-6-12(10)16-13/h3-6,9,11,17H,2,7-8H2,1H3,(H,14,15,16). The summed E-state index contributed by atoms with van der Waals surface area (Å²) in [5.41, 5.74) is 0.932. The summed E-state index contributed by atoms with van der Waals surface area (Å²) in [6, 6.07) is 7.87. The Morgan fingerprint density at radius 1 is 1.35 bits per heavy atom. The fourth-order valence-corrected chi connectivity index (χ4v) is 1.61. The maximum Gasteiger partial charge on any atom is 0.223 e. The number of aromatic nitrogens is 2. The van der Waals surface area contributed by atoms with Crippen molar-refractivity contribution in [1.82, 2.24) is 9.97 Å². The van der Waals surface area contributed by atoms with Crippen LogP contribution in [0.1, 0.15) is 19.8 Å². The Kier molecular flexibility index (Phi) is 3.88. The molecular weight excluding hydrogens is 214 g/mol. The van der Waals surface area contributed by atoms with Crippen molar-refractivity contribution in [2.24, 2.45) is 0 Å². The van der Waals surface area contributed by atoms with Gasteiger partial charge in [-0.1, -0.05) is 25.1 Å². The van der Waals surface area contributed by atoms with Gasteiger partial charge in [-0.25, -0.2) is 9.97 Å². The van der Waals surface area contributed by atoms with Gasteiger partial charge in [0.15, 0.2) is 0 Å². The number of hydrogen-bond acceptors (Lipinski definition) is 4. The zero-order valence-electron chi connectivity index (χ0n) is 9.93. The Bertz CT molecular complexity index is 487. The monoisotopic (exact) mass is 231 g/mol. The van der Waals surface area contributed by atoms with Crippen LogP contribution in [-0.2, 0) is 0 Å². The lowest BCUT2D eigenvalue weighted by molar-refractivity contribution is 0.164. The molecule has 4 heteroatoms. The summed E-state index contributed by atoms with van der Waals surface area (Å²) >= 11 is 0. The molecule has 1 unspecified atom stereocenters. The molecule has 1 aromatic heterocycles. The SMILES string of the molecule is CCC(O)CCNc1ncc2ccccc2n1. The predicted molar refractivity (Wildman–Crippen MR) is 68.9 cm³/mol. The van der Waals surface area contributed by atoms with Gasteiger partial charge in [0.1, 0.15) is 0 Å². The van der Waals surface area contributed by atoms with Crippen LogP contribution in [0.2, 0.25) is 0 Å². The molecular formula is C13H17N3O. The van der Waals surface area contributed by atoms with Crippen molar-refractivity contribution in [3.05, 3.63) is 30.5 Å². The zero-order chi connectivity index (χ0) is 12.1. The third kappa shape index (κ3) is 3.14. The minimum Gasteiger partial charge on any atom is -0.393 e. The van der Waals surface area contributed by atoms with Crippen LogP contribution in [0.5, 0.6) is 0 Å². The second kappa shape index (κ2) is 5.59. The number of aliphatic hydroxyl groups excluding tert-OH is 1. The van der Waals surface area contributed by atoms with Crippen LogP contribution in [0.4, 0.5) is 5.95 Å². The fraction of sp³-hybridized carbons (Fsp3) is 0.385. The van der Waals surface area contributed by atoms with Crippen LogP contribution in [0, 0.1) is 0 Å². The predicted octanol–water partition coefficient (Wildman–Crippen LogP) is 2.20. The number of aliphatic hydroxyl groups is 1. The average Bonchev–Trinajstić information content (AvgIpc) is 2.38. The van der Waals surface area contributed by atoms with E-state index in [0.717, 1.165) is 17.3 Å². The number of anilines is 1. The molecule has 2 rings (SSSR count). The molecule has 0 aliphatic carbocycles. The molecule has 0 fully saturated rings. The van der Waals surface area contributed by atoms with Gasteiger partial charge in [-0.2, -0.15) is 0 Å². The summed E-state index contributed by atoms with van der Waals surface area (Å²) in [6.07, 6.45) is 3.05. The van der Waals surface area contributed by atoms with E-state index in [1.54, 1.807) is 6.20 Å². The smallest absolute Gasteiger partial charge is 0.223 e. The summed E-state index contributed by atoms with van der Waals surface area (Å²) in [7, 11) is 0. The van der Waals surface area contributed by atoms with Crippen molar-refractivity contribution in [3.8, 4) is 0 Å². The van der Waals surface area contributed by atoms with Gasteiger partial charge in [-0.05, 0) is 18.9 Å². The maximum atomic E-state index is 9.43. The molecule has 4 nitrogen and oxygen atoms in total. The van der Waals surface area contributed by atoms with Crippen LogP contribution >= 0.6 is 0 Å². The third-order valence-electron chi connectivity index (χ3n) is 2.72. The number of fused-ring (bicyclic) bond motifs is 1. The first-order valence-corrected chi connectivity index (χ1v) is 5.93. The van der Waals surface area contributed by atoms with E-state index in [1.165, 1.54) is 0 Å². The van der Waals surface area contributed by atoms with Crippen LogP contribution in [0.3, 0.4) is 0 Å². The number of rotatable bonds is 5. The highest BCUT2D eigenvalue weighted by Gasteiger charge is 2.02. The number of benzene rings is 1. The van der Waals surface area contributed by atoms with E-state index in [0.29, 0.717) is 18.9 Å². The highest BCUT2D eigenvalue weighted by molar-refractivity contribution is 5.78. The van der Waals surface area contributed by atoms with Crippen LogP contribution in [0.15, 0.2) is 30.5 Å². The first-order valence-electron chi connectivity index (χ1n) is 5.93. The van der Waals surface area contributed by atoms with Crippen LogP contribution in [0.25, 0.3) is 10.9 Å². The minimum atomic E-state index is -0.247. The largest absolute Gasteiger partial charge is 0.393 e. The molecule has 1 heterocycles. The molecule has 0 aliphatic heterocycles. The molecule has 1 aromatic carbocycles. The highest BCUT2D eigenvalue weighted by atomic mass is 16.3. The van der Waals surface area contributed by atoms with Crippen molar-refractivity contribution in [3.63, 3.8) is 0 Å². The van der Waals surface area contributed by atoms with Gasteiger partial charge in [0.05, 0.1) is 11.6 Å². The van der Waals surface area contributed by atoms with E-state index < -0.39 is 0 Å². The summed E-state index contributed by atoms with van der Waals surface area (Å²) in [4.78, 5) is 8.62. The van der Waals surface area contributed by atoms with Crippen molar-refractivity contribution in [2.75, 3.05) is 11.9 Å². The van der Waals surface area contributed by atoms with Gasteiger partial charge in [0.25, 0.3) is 0 Å². The third-order valence-corrected chi connectivity index (χ3v) is 2.72. The lowest BCUT2D eigenvalue weighted by Crippen LogP contribution is -2.13. The van der Waals surface area contributed by atoms with Gasteiger partial charge in [-0.15, -0.1) is 0 Å². The molecule has 1 atom stereocenters. The second-order valence-corrected chi connectivity index (χ2v) is 4.03. The Hall–Kier alpha value is -1.68. The molecule has 2 N–H and O–H groups in total. The van der Waals surface area contributed by atoms with E-state index in [9.17, 15) is 5.11 Å². The Labute approximate surface area is 101 Å². The molecule has 0 aliphatic rings. The van der Waals surface area contributed by atoms with E-state index in [2.05, 4.69) is 15.3 Å². The van der Waals surface area contributed by atoms with E-state index >= 15 is 0 Å². The number of nitrogens with one attached hydrogen (secondary N) is 1. The van der Waals surface area contributed by atoms with Gasteiger partial charge in [-0.3, -0.25) is 0 Å². The van der Waals surface area contributed by atoms with Gasteiger partial charge in [0.2, 0.25) is 5.95 Å². The van der Waals surface area contributed by atoms with Gasteiger partial charge in [0, 0.05) is 18.1 Å². The fourth-order valence-electron chi connectivity index (χ4n) is 1.61. The van der Waals surface area contributed by atoms with Crippen molar-refractivity contribution >= 4 is 16.9 Å². The summed E-state index contributed by atoms with van der Waals surface area (Å²) in [5.74, 6) is 0.618. The number of hydrogen-bond donors (Lipinski definition) is 2.